The molecular weight excluding hydrogens is 260 g/mol. The summed E-state index contributed by atoms with van der Waals surface area (Å²) in [5.74, 6) is 4.76. The summed E-state index contributed by atoms with van der Waals surface area (Å²) in [7, 11) is 2.10. The average molecular weight is 290 g/mol. The molecule has 3 rings (SSSR count). The van der Waals surface area contributed by atoms with Gasteiger partial charge in [0.25, 0.3) is 0 Å². The van der Waals surface area contributed by atoms with Crippen molar-refractivity contribution < 1.29 is 0 Å². The molecule has 0 amide bonds. The topological polar surface area (TPSA) is 42.7 Å². The first-order valence-corrected chi connectivity index (χ1v) is 8.69. The Labute approximate surface area is 128 Å². The quantitative estimate of drug-likeness (QED) is 0.839. The second-order valence-corrected chi connectivity index (χ2v) is 7.61. The maximum absolute atomic E-state index is 4.49. The summed E-state index contributed by atoms with van der Waals surface area (Å²) in [6.07, 6.45) is 9.99. The van der Waals surface area contributed by atoms with Gasteiger partial charge in [0.2, 0.25) is 0 Å². The van der Waals surface area contributed by atoms with Crippen LogP contribution < -0.4 is 5.32 Å². The third-order valence-electron chi connectivity index (χ3n) is 5.54. The summed E-state index contributed by atoms with van der Waals surface area (Å²) < 4.78 is 2.09. The van der Waals surface area contributed by atoms with Gasteiger partial charge in [-0.05, 0) is 56.4 Å². The van der Waals surface area contributed by atoms with Crippen molar-refractivity contribution in [3.8, 4) is 0 Å². The smallest absolute Gasteiger partial charge is 0.138 e. The van der Waals surface area contributed by atoms with Crippen LogP contribution in [0.2, 0.25) is 0 Å². The lowest BCUT2D eigenvalue weighted by atomic mass is 9.83. The molecule has 0 aliphatic heterocycles. The summed E-state index contributed by atoms with van der Waals surface area (Å²) in [5, 5.41) is 7.92. The van der Waals surface area contributed by atoms with E-state index in [9.17, 15) is 0 Å². The van der Waals surface area contributed by atoms with Crippen molar-refractivity contribution in [2.75, 3.05) is 7.05 Å². The van der Waals surface area contributed by atoms with E-state index in [1.54, 1.807) is 6.33 Å². The standard InChI is InChI=1S/C17H30N4/c1-12(2)10-21-17(19-11-20-21)9-16(18-3)8-15-7-13-4-5-14(15)6-13/h11-16,18H,4-10H2,1-3H3. The van der Waals surface area contributed by atoms with E-state index in [1.807, 2.05) is 0 Å². The van der Waals surface area contributed by atoms with Crippen LogP contribution in [0, 0.1) is 23.7 Å². The molecule has 2 aliphatic carbocycles. The first-order chi connectivity index (χ1) is 10.2. The van der Waals surface area contributed by atoms with Gasteiger partial charge >= 0.3 is 0 Å². The van der Waals surface area contributed by atoms with Crippen LogP contribution >= 0.6 is 0 Å². The van der Waals surface area contributed by atoms with Crippen LogP contribution in [0.3, 0.4) is 0 Å². The zero-order valence-corrected chi connectivity index (χ0v) is 13.8. The Balaban J connectivity index is 1.58. The second-order valence-electron chi connectivity index (χ2n) is 7.61. The van der Waals surface area contributed by atoms with E-state index in [4.69, 9.17) is 0 Å². The predicted molar refractivity (Wildman–Crippen MR) is 85.0 cm³/mol. The molecule has 4 atom stereocenters. The molecule has 4 nitrogen and oxygen atoms in total. The minimum absolute atomic E-state index is 0.546. The maximum atomic E-state index is 4.49. The number of hydrogen-bond donors (Lipinski definition) is 1. The SMILES string of the molecule is CNC(Cc1ncnn1CC(C)C)CC1CC2CCC1C2. The van der Waals surface area contributed by atoms with Crippen molar-refractivity contribution in [3.05, 3.63) is 12.2 Å². The average Bonchev–Trinajstić information content (AvgIpc) is 3.15. The summed E-state index contributed by atoms with van der Waals surface area (Å²) >= 11 is 0. The predicted octanol–water partition coefficient (Wildman–Crippen LogP) is 2.89. The molecule has 4 heteroatoms. The number of fused-ring (bicyclic) bond motifs is 2. The Hall–Kier alpha value is -0.900. The molecule has 118 valence electrons. The van der Waals surface area contributed by atoms with E-state index in [1.165, 1.54) is 32.1 Å². The van der Waals surface area contributed by atoms with E-state index >= 15 is 0 Å². The molecule has 1 heterocycles. The van der Waals surface area contributed by atoms with Crippen LogP contribution in [0.25, 0.3) is 0 Å². The molecule has 0 aromatic carbocycles. The van der Waals surface area contributed by atoms with Gasteiger partial charge in [-0.25, -0.2) is 9.67 Å². The molecule has 2 fully saturated rings. The lowest BCUT2D eigenvalue weighted by Crippen LogP contribution is -2.32. The van der Waals surface area contributed by atoms with Crippen LogP contribution in [0.4, 0.5) is 0 Å². The molecule has 1 aromatic rings. The first-order valence-electron chi connectivity index (χ1n) is 8.69. The minimum atomic E-state index is 0.546. The van der Waals surface area contributed by atoms with Gasteiger partial charge in [-0.1, -0.05) is 20.3 Å². The Morgan fingerprint density at radius 2 is 2.19 bits per heavy atom. The summed E-state index contributed by atoms with van der Waals surface area (Å²) in [4.78, 5) is 4.49. The highest BCUT2D eigenvalue weighted by molar-refractivity contribution is 4.95. The molecule has 2 saturated carbocycles. The molecule has 0 radical (unpaired) electrons. The van der Waals surface area contributed by atoms with E-state index < -0.39 is 0 Å². The van der Waals surface area contributed by atoms with Gasteiger partial charge in [0.1, 0.15) is 12.2 Å². The van der Waals surface area contributed by atoms with Crippen molar-refractivity contribution in [2.24, 2.45) is 23.7 Å². The highest BCUT2D eigenvalue weighted by Crippen LogP contribution is 2.49. The number of hydrogen-bond acceptors (Lipinski definition) is 3. The highest BCUT2D eigenvalue weighted by atomic mass is 15.3. The van der Waals surface area contributed by atoms with E-state index in [-0.39, 0.29) is 0 Å². The van der Waals surface area contributed by atoms with Crippen molar-refractivity contribution in [1.82, 2.24) is 20.1 Å². The fourth-order valence-corrected chi connectivity index (χ4v) is 4.50. The largest absolute Gasteiger partial charge is 0.317 e. The van der Waals surface area contributed by atoms with E-state index in [0.717, 1.165) is 36.5 Å². The fourth-order valence-electron chi connectivity index (χ4n) is 4.50. The van der Waals surface area contributed by atoms with E-state index in [0.29, 0.717) is 12.0 Å². The minimum Gasteiger partial charge on any atom is -0.317 e. The van der Waals surface area contributed by atoms with Gasteiger partial charge in [0.05, 0.1) is 0 Å². The zero-order valence-electron chi connectivity index (χ0n) is 13.8. The molecule has 2 bridgehead atoms. The third kappa shape index (κ3) is 3.47. The van der Waals surface area contributed by atoms with Crippen LogP contribution in [-0.2, 0) is 13.0 Å². The lowest BCUT2D eigenvalue weighted by molar-refractivity contribution is 0.279. The Bertz CT molecular complexity index is 453. The Morgan fingerprint density at radius 1 is 1.33 bits per heavy atom. The van der Waals surface area contributed by atoms with Gasteiger partial charge in [-0.15, -0.1) is 0 Å². The van der Waals surface area contributed by atoms with Crippen LogP contribution in [0.15, 0.2) is 6.33 Å². The van der Waals surface area contributed by atoms with Gasteiger partial charge < -0.3 is 5.32 Å². The number of aromatic nitrogens is 3. The highest BCUT2D eigenvalue weighted by Gasteiger charge is 2.40. The number of nitrogens with zero attached hydrogens (tertiary/aromatic N) is 3. The molecule has 0 saturated heterocycles. The summed E-state index contributed by atoms with van der Waals surface area (Å²) in [6.45, 7) is 5.44. The molecular formula is C17H30N4. The van der Waals surface area contributed by atoms with Crippen molar-refractivity contribution in [3.63, 3.8) is 0 Å². The molecule has 4 unspecified atom stereocenters. The fraction of sp³-hybridized carbons (Fsp3) is 0.882. The maximum Gasteiger partial charge on any atom is 0.138 e. The second kappa shape index (κ2) is 6.47. The van der Waals surface area contributed by atoms with Crippen LogP contribution in [0.1, 0.15) is 51.8 Å². The number of rotatable bonds is 7. The van der Waals surface area contributed by atoms with Gasteiger partial charge in [0, 0.05) is 19.0 Å². The number of likely N-dealkylation sites (N-methyl/N-ethyl adjacent to an activating group) is 1. The van der Waals surface area contributed by atoms with Crippen LogP contribution in [-0.4, -0.2) is 27.9 Å². The third-order valence-corrected chi connectivity index (χ3v) is 5.54. The molecule has 1 aromatic heterocycles. The number of nitrogens with one attached hydrogen (secondary N) is 1. The van der Waals surface area contributed by atoms with Crippen molar-refractivity contribution >= 4 is 0 Å². The van der Waals surface area contributed by atoms with Gasteiger partial charge in [0.15, 0.2) is 0 Å². The molecule has 2 aliphatic rings. The Kier molecular flexibility index (Phi) is 4.63. The van der Waals surface area contributed by atoms with E-state index in [2.05, 4.69) is 41.0 Å². The molecule has 0 spiro atoms. The van der Waals surface area contributed by atoms with Crippen molar-refractivity contribution in [2.45, 2.75) is 65.0 Å². The normalized spacial score (nSPS) is 29.4. The lowest BCUT2D eigenvalue weighted by Gasteiger charge is -2.26. The monoisotopic (exact) mass is 290 g/mol. The van der Waals surface area contributed by atoms with Gasteiger partial charge in [-0.3, -0.25) is 0 Å². The molecule has 1 N–H and O–H groups in total. The summed E-state index contributed by atoms with van der Waals surface area (Å²) in [5.41, 5.74) is 0. The van der Waals surface area contributed by atoms with Crippen molar-refractivity contribution in [1.29, 1.82) is 0 Å². The molecule has 21 heavy (non-hydrogen) atoms. The Morgan fingerprint density at radius 3 is 2.81 bits per heavy atom. The first kappa shape index (κ1) is 15.0. The van der Waals surface area contributed by atoms with Gasteiger partial charge in [-0.2, -0.15) is 5.10 Å². The zero-order chi connectivity index (χ0) is 14.8. The summed E-state index contributed by atoms with van der Waals surface area (Å²) in [6, 6.07) is 0.546. The van der Waals surface area contributed by atoms with Crippen LogP contribution in [0.5, 0.6) is 0 Å².